The maximum Gasteiger partial charge on any atom is 0.111 e. The van der Waals surface area contributed by atoms with Crippen molar-refractivity contribution >= 4 is 11.0 Å². The van der Waals surface area contributed by atoms with Crippen molar-refractivity contribution in [3.05, 3.63) is 59.9 Å². The maximum atomic E-state index is 9.07. The molecule has 0 aliphatic carbocycles. The highest BCUT2D eigenvalue weighted by atomic mass is 16.3. The smallest absolute Gasteiger partial charge is 0.111 e. The van der Waals surface area contributed by atoms with E-state index in [1.54, 1.807) is 0 Å². The molecule has 1 N–H and O–H groups in total. The van der Waals surface area contributed by atoms with E-state index in [0.29, 0.717) is 0 Å². The van der Waals surface area contributed by atoms with Gasteiger partial charge in [-0.2, -0.15) is 0 Å². The fourth-order valence-corrected chi connectivity index (χ4v) is 2.22. The van der Waals surface area contributed by atoms with Crippen LogP contribution in [0.5, 0.6) is 0 Å². The Labute approximate surface area is 105 Å². The number of fused-ring (bicyclic) bond motifs is 1. The summed E-state index contributed by atoms with van der Waals surface area (Å²) < 4.78 is 2.12. The number of aromatic nitrogens is 2. The first kappa shape index (κ1) is 11.0. The maximum absolute atomic E-state index is 9.07. The van der Waals surface area contributed by atoms with E-state index in [0.717, 1.165) is 28.1 Å². The van der Waals surface area contributed by atoms with Crippen molar-refractivity contribution in [2.45, 2.75) is 13.5 Å². The lowest BCUT2D eigenvalue weighted by Crippen LogP contribution is -1.97. The van der Waals surface area contributed by atoms with Crippen LogP contribution in [-0.4, -0.2) is 14.7 Å². The van der Waals surface area contributed by atoms with Crippen LogP contribution in [0.1, 0.15) is 11.4 Å². The molecule has 0 saturated heterocycles. The summed E-state index contributed by atoms with van der Waals surface area (Å²) in [6.45, 7) is 2.07. The van der Waals surface area contributed by atoms with Crippen molar-refractivity contribution in [1.29, 1.82) is 0 Å². The third kappa shape index (κ3) is 1.69. The third-order valence-electron chi connectivity index (χ3n) is 3.11. The lowest BCUT2D eigenvalue weighted by molar-refractivity contribution is 0.282. The number of aryl methyl sites for hydroxylation is 1. The van der Waals surface area contributed by atoms with Crippen LogP contribution >= 0.6 is 0 Å². The van der Waals surface area contributed by atoms with Crippen molar-refractivity contribution in [1.82, 2.24) is 9.55 Å². The molecular formula is C15H14N2O. The quantitative estimate of drug-likeness (QED) is 0.745. The van der Waals surface area contributed by atoms with Gasteiger partial charge in [-0.05, 0) is 36.8 Å². The van der Waals surface area contributed by atoms with E-state index in [-0.39, 0.29) is 6.61 Å². The van der Waals surface area contributed by atoms with Gasteiger partial charge in [-0.1, -0.05) is 24.3 Å². The van der Waals surface area contributed by atoms with Crippen molar-refractivity contribution < 1.29 is 5.11 Å². The minimum absolute atomic E-state index is 0.0734. The topological polar surface area (TPSA) is 38.0 Å². The SMILES string of the molecule is Cc1nc2ccccc2n1-c1ccc(CO)cc1. The predicted octanol–water partition coefficient (Wildman–Crippen LogP) is 2.83. The molecule has 3 rings (SSSR count). The molecule has 3 aromatic rings. The summed E-state index contributed by atoms with van der Waals surface area (Å²) in [6, 6.07) is 16.0. The molecule has 3 heteroatoms. The van der Waals surface area contributed by atoms with Crippen LogP contribution < -0.4 is 0 Å². The molecule has 1 aromatic heterocycles. The summed E-state index contributed by atoms with van der Waals surface area (Å²) in [4.78, 5) is 4.55. The van der Waals surface area contributed by atoms with E-state index >= 15 is 0 Å². The Balaban J connectivity index is 2.20. The first-order valence-electron chi connectivity index (χ1n) is 5.94. The zero-order valence-electron chi connectivity index (χ0n) is 10.2. The van der Waals surface area contributed by atoms with Gasteiger partial charge in [-0.25, -0.2) is 4.98 Å². The summed E-state index contributed by atoms with van der Waals surface area (Å²) in [6.07, 6.45) is 0. The zero-order chi connectivity index (χ0) is 12.5. The largest absolute Gasteiger partial charge is 0.392 e. The standard InChI is InChI=1S/C15H14N2O/c1-11-16-14-4-2-3-5-15(14)17(11)13-8-6-12(10-18)7-9-13/h2-9,18H,10H2,1H3. The van der Waals surface area contributed by atoms with Gasteiger partial charge in [0.1, 0.15) is 5.82 Å². The predicted molar refractivity (Wildman–Crippen MR) is 71.7 cm³/mol. The highest BCUT2D eigenvalue weighted by molar-refractivity contribution is 5.78. The van der Waals surface area contributed by atoms with Crippen LogP contribution in [0, 0.1) is 6.92 Å². The van der Waals surface area contributed by atoms with Crippen LogP contribution in [0.2, 0.25) is 0 Å². The zero-order valence-corrected chi connectivity index (χ0v) is 10.2. The van der Waals surface area contributed by atoms with Crippen LogP contribution in [0.3, 0.4) is 0 Å². The van der Waals surface area contributed by atoms with Gasteiger partial charge in [0, 0.05) is 5.69 Å². The van der Waals surface area contributed by atoms with Crippen molar-refractivity contribution in [3.8, 4) is 5.69 Å². The number of imidazole rings is 1. The molecule has 0 radical (unpaired) electrons. The summed E-state index contributed by atoms with van der Waals surface area (Å²) in [5.41, 5.74) is 4.09. The first-order valence-corrected chi connectivity index (χ1v) is 5.94. The molecule has 18 heavy (non-hydrogen) atoms. The Bertz CT molecular complexity index is 683. The van der Waals surface area contributed by atoms with Gasteiger partial charge in [0.05, 0.1) is 17.6 Å². The first-order chi connectivity index (χ1) is 8.79. The van der Waals surface area contributed by atoms with Gasteiger partial charge in [-0.15, -0.1) is 0 Å². The average Bonchev–Trinajstić information content (AvgIpc) is 2.75. The Morgan fingerprint density at radius 1 is 1.06 bits per heavy atom. The molecule has 0 unspecified atom stereocenters. The molecule has 90 valence electrons. The minimum atomic E-state index is 0.0734. The van der Waals surface area contributed by atoms with Crippen LogP contribution in [-0.2, 0) is 6.61 Å². The Hall–Kier alpha value is -2.13. The fourth-order valence-electron chi connectivity index (χ4n) is 2.22. The van der Waals surface area contributed by atoms with Crippen LogP contribution in [0.15, 0.2) is 48.5 Å². The minimum Gasteiger partial charge on any atom is -0.392 e. The molecule has 0 aliphatic rings. The molecule has 0 saturated carbocycles. The number of benzene rings is 2. The third-order valence-corrected chi connectivity index (χ3v) is 3.11. The van der Waals surface area contributed by atoms with E-state index in [9.17, 15) is 0 Å². The van der Waals surface area contributed by atoms with Gasteiger partial charge >= 0.3 is 0 Å². The molecule has 0 fully saturated rings. The van der Waals surface area contributed by atoms with E-state index in [1.165, 1.54) is 0 Å². The fraction of sp³-hybridized carbons (Fsp3) is 0.133. The lowest BCUT2D eigenvalue weighted by Gasteiger charge is -2.07. The molecule has 0 amide bonds. The number of aliphatic hydroxyl groups is 1. The highest BCUT2D eigenvalue weighted by Crippen LogP contribution is 2.21. The number of aliphatic hydroxyl groups excluding tert-OH is 1. The highest BCUT2D eigenvalue weighted by Gasteiger charge is 2.08. The Kier molecular flexibility index (Phi) is 2.61. The number of hydrogen-bond donors (Lipinski definition) is 1. The molecule has 0 atom stereocenters. The summed E-state index contributed by atoms with van der Waals surface area (Å²) in [7, 11) is 0. The summed E-state index contributed by atoms with van der Waals surface area (Å²) >= 11 is 0. The monoisotopic (exact) mass is 238 g/mol. The second-order valence-electron chi connectivity index (χ2n) is 4.31. The Morgan fingerprint density at radius 2 is 1.78 bits per heavy atom. The van der Waals surface area contributed by atoms with E-state index in [2.05, 4.69) is 15.6 Å². The van der Waals surface area contributed by atoms with E-state index in [4.69, 9.17) is 5.11 Å². The lowest BCUT2D eigenvalue weighted by atomic mass is 10.2. The number of rotatable bonds is 2. The van der Waals surface area contributed by atoms with Gasteiger partial charge < -0.3 is 5.11 Å². The molecule has 0 aliphatic heterocycles. The number of para-hydroxylation sites is 2. The molecule has 3 nitrogen and oxygen atoms in total. The average molecular weight is 238 g/mol. The second kappa shape index (κ2) is 4.27. The normalized spacial score (nSPS) is 11.0. The second-order valence-corrected chi connectivity index (χ2v) is 4.31. The van der Waals surface area contributed by atoms with Gasteiger partial charge in [0.15, 0.2) is 0 Å². The molecule has 0 bridgehead atoms. The van der Waals surface area contributed by atoms with Crippen molar-refractivity contribution in [2.24, 2.45) is 0 Å². The molecular weight excluding hydrogens is 224 g/mol. The van der Waals surface area contributed by atoms with Crippen LogP contribution in [0.25, 0.3) is 16.7 Å². The Morgan fingerprint density at radius 3 is 2.50 bits per heavy atom. The van der Waals surface area contributed by atoms with Crippen molar-refractivity contribution in [2.75, 3.05) is 0 Å². The molecule has 0 spiro atoms. The number of hydrogen-bond acceptors (Lipinski definition) is 2. The van der Waals surface area contributed by atoms with Gasteiger partial charge in [0.2, 0.25) is 0 Å². The molecule has 2 aromatic carbocycles. The number of nitrogens with zero attached hydrogens (tertiary/aromatic N) is 2. The summed E-state index contributed by atoms with van der Waals surface area (Å²) in [5, 5.41) is 9.07. The van der Waals surface area contributed by atoms with Gasteiger partial charge in [-0.3, -0.25) is 4.57 Å². The van der Waals surface area contributed by atoms with E-state index < -0.39 is 0 Å². The van der Waals surface area contributed by atoms with Crippen molar-refractivity contribution in [3.63, 3.8) is 0 Å². The molecule has 1 heterocycles. The van der Waals surface area contributed by atoms with E-state index in [1.807, 2.05) is 49.4 Å². The summed E-state index contributed by atoms with van der Waals surface area (Å²) in [5.74, 6) is 0.966. The van der Waals surface area contributed by atoms with Gasteiger partial charge in [0.25, 0.3) is 0 Å². The van der Waals surface area contributed by atoms with Crippen LogP contribution in [0.4, 0.5) is 0 Å².